The molecule has 0 spiro atoms. The lowest BCUT2D eigenvalue weighted by molar-refractivity contribution is -0.134. The molecule has 2 aromatic carbocycles. The molecule has 2 aliphatic heterocycles. The average molecular weight is 465 g/mol. The SMILES string of the molecule is C[C@@H]1CCC[C@@H](C)N1C(=O)CSc1nnc(-c2ccccc2)n1Cc1ccc2c(c1)OCO2. The molecule has 0 bridgehead atoms. The van der Waals surface area contributed by atoms with Gasteiger partial charge in [-0.05, 0) is 50.8 Å². The van der Waals surface area contributed by atoms with Gasteiger partial charge in [0.2, 0.25) is 12.7 Å². The minimum absolute atomic E-state index is 0.165. The monoisotopic (exact) mass is 464 g/mol. The van der Waals surface area contributed by atoms with E-state index in [2.05, 4.69) is 28.6 Å². The Morgan fingerprint density at radius 1 is 1.03 bits per heavy atom. The highest BCUT2D eigenvalue weighted by atomic mass is 32.2. The molecular formula is C25H28N4O3S. The molecule has 8 heteroatoms. The number of carbonyl (C=O) groups is 1. The van der Waals surface area contributed by atoms with E-state index in [1.165, 1.54) is 18.2 Å². The first kappa shape index (κ1) is 21.8. The lowest BCUT2D eigenvalue weighted by Gasteiger charge is -2.39. The highest BCUT2D eigenvalue weighted by Gasteiger charge is 2.29. The molecule has 7 nitrogen and oxygen atoms in total. The van der Waals surface area contributed by atoms with Crippen molar-refractivity contribution in [3.8, 4) is 22.9 Å². The summed E-state index contributed by atoms with van der Waals surface area (Å²) in [4.78, 5) is 15.1. The Kier molecular flexibility index (Phi) is 6.26. The zero-order chi connectivity index (χ0) is 22.8. The topological polar surface area (TPSA) is 69.5 Å². The number of thioether (sulfide) groups is 1. The lowest BCUT2D eigenvalue weighted by atomic mass is 9.98. The van der Waals surface area contributed by atoms with Crippen molar-refractivity contribution in [1.82, 2.24) is 19.7 Å². The number of rotatable bonds is 6. The molecule has 0 unspecified atom stereocenters. The third-order valence-electron chi connectivity index (χ3n) is 6.33. The van der Waals surface area contributed by atoms with Gasteiger partial charge in [-0.25, -0.2) is 0 Å². The predicted molar refractivity (Wildman–Crippen MR) is 127 cm³/mol. The maximum atomic E-state index is 13.1. The fraction of sp³-hybridized carbons (Fsp3) is 0.400. The van der Waals surface area contributed by atoms with Gasteiger partial charge in [-0.15, -0.1) is 10.2 Å². The van der Waals surface area contributed by atoms with Crippen LogP contribution in [-0.2, 0) is 11.3 Å². The standard InChI is InChI=1S/C25H28N4O3S/c1-17-7-6-8-18(2)29(17)23(30)15-33-25-27-26-24(20-9-4-3-5-10-20)28(25)14-19-11-12-21-22(13-19)32-16-31-21/h3-5,9-13,17-18H,6-8,14-16H2,1-2H3/t17-,18-/m1/s1. The van der Waals surface area contributed by atoms with Gasteiger partial charge in [0, 0.05) is 17.6 Å². The lowest BCUT2D eigenvalue weighted by Crippen LogP contribution is -2.48. The zero-order valence-electron chi connectivity index (χ0n) is 18.9. The minimum atomic E-state index is 0.165. The molecule has 2 aliphatic rings. The van der Waals surface area contributed by atoms with Gasteiger partial charge in [-0.3, -0.25) is 9.36 Å². The second kappa shape index (κ2) is 9.47. The first-order valence-corrected chi connectivity index (χ1v) is 12.4. The van der Waals surface area contributed by atoms with Crippen molar-refractivity contribution < 1.29 is 14.3 Å². The van der Waals surface area contributed by atoms with Crippen LogP contribution >= 0.6 is 11.8 Å². The van der Waals surface area contributed by atoms with Crippen molar-refractivity contribution in [2.24, 2.45) is 0 Å². The second-order valence-corrected chi connectivity index (χ2v) is 9.61. The molecule has 1 saturated heterocycles. The van der Waals surface area contributed by atoms with Crippen LogP contribution in [0.4, 0.5) is 0 Å². The van der Waals surface area contributed by atoms with Gasteiger partial charge in [0.15, 0.2) is 22.5 Å². The Balaban J connectivity index is 1.40. The van der Waals surface area contributed by atoms with Crippen molar-refractivity contribution in [1.29, 1.82) is 0 Å². The van der Waals surface area contributed by atoms with Gasteiger partial charge in [0.1, 0.15) is 0 Å². The van der Waals surface area contributed by atoms with E-state index in [1.807, 2.05) is 53.4 Å². The van der Waals surface area contributed by atoms with Gasteiger partial charge >= 0.3 is 0 Å². The van der Waals surface area contributed by atoms with Crippen LogP contribution < -0.4 is 9.47 Å². The van der Waals surface area contributed by atoms with Crippen LogP contribution in [0.15, 0.2) is 53.7 Å². The number of likely N-dealkylation sites (tertiary alicyclic amines) is 1. The summed E-state index contributed by atoms with van der Waals surface area (Å²) in [6.07, 6.45) is 3.32. The van der Waals surface area contributed by atoms with Crippen molar-refractivity contribution in [2.45, 2.75) is 56.9 Å². The fourth-order valence-electron chi connectivity index (χ4n) is 4.67. The summed E-state index contributed by atoms with van der Waals surface area (Å²) in [5.74, 6) is 2.81. The molecule has 1 amide bonds. The van der Waals surface area contributed by atoms with Crippen molar-refractivity contribution in [3.63, 3.8) is 0 Å². The van der Waals surface area contributed by atoms with Crippen molar-refractivity contribution in [2.75, 3.05) is 12.5 Å². The summed E-state index contributed by atoms with van der Waals surface area (Å²) in [6.45, 7) is 5.11. The predicted octanol–water partition coefficient (Wildman–Crippen LogP) is 4.60. The molecule has 1 aromatic heterocycles. The van der Waals surface area contributed by atoms with Gasteiger partial charge in [-0.2, -0.15) is 0 Å². The van der Waals surface area contributed by atoms with Gasteiger partial charge in [0.25, 0.3) is 0 Å². The minimum Gasteiger partial charge on any atom is -0.454 e. The highest BCUT2D eigenvalue weighted by molar-refractivity contribution is 7.99. The molecule has 172 valence electrons. The summed E-state index contributed by atoms with van der Waals surface area (Å²) in [7, 11) is 0. The first-order valence-electron chi connectivity index (χ1n) is 11.4. The van der Waals surface area contributed by atoms with E-state index in [4.69, 9.17) is 9.47 Å². The molecule has 3 aromatic rings. The molecule has 3 heterocycles. The second-order valence-electron chi connectivity index (χ2n) is 8.66. The largest absolute Gasteiger partial charge is 0.454 e. The van der Waals surface area contributed by atoms with E-state index in [9.17, 15) is 4.79 Å². The molecule has 0 aliphatic carbocycles. The van der Waals surface area contributed by atoms with E-state index >= 15 is 0 Å². The van der Waals surface area contributed by atoms with Gasteiger partial charge in [0.05, 0.1) is 12.3 Å². The van der Waals surface area contributed by atoms with Crippen molar-refractivity contribution in [3.05, 3.63) is 54.1 Å². The van der Waals surface area contributed by atoms with Crippen LogP contribution in [-0.4, -0.2) is 50.2 Å². The number of hydrogen-bond donors (Lipinski definition) is 0. The van der Waals surface area contributed by atoms with Crippen LogP contribution in [0, 0.1) is 0 Å². The average Bonchev–Trinajstić information content (AvgIpc) is 3.45. The van der Waals surface area contributed by atoms with E-state index < -0.39 is 0 Å². The van der Waals surface area contributed by atoms with Gasteiger partial charge in [-0.1, -0.05) is 48.2 Å². The molecule has 0 N–H and O–H groups in total. The number of piperidine rings is 1. The molecular weight excluding hydrogens is 436 g/mol. The highest BCUT2D eigenvalue weighted by Crippen LogP contribution is 2.34. The number of nitrogens with zero attached hydrogens (tertiary/aromatic N) is 4. The van der Waals surface area contributed by atoms with Crippen LogP contribution in [0.3, 0.4) is 0 Å². The Labute approximate surface area is 198 Å². The number of carbonyl (C=O) groups excluding carboxylic acids is 1. The summed E-state index contributed by atoms with van der Waals surface area (Å²) in [5.41, 5.74) is 2.05. The number of benzene rings is 2. The maximum Gasteiger partial charge on any atom is 0.233 e. The summed E-state index contributed by atoms with van der Waals surface area (Å²) in [5, 5.41) is 9.69. The summed E-state index contributed by atoms with van der Waals surface area (Å²) < 4.78 is 13.1. The Hall–Kier alpha value is -3.00. The normalized spacial score (nSPS) is 19.6. The van der Waals surface area contributed by atoms with Crippen molar-refractivity contribution >= 4 is 17.7 Å². The van der Waals surface area contributed by atoms with Gasteiger partial charge < -0.3 is 14.4 Å². The third-order valence-corrected chi connectivity index (χ3v) is 7.28. The van der Waals surface area contributed by atoms with Crippen LogP contribution in [0.2, 0.25) is 0 Å². The van der Waals surface area contributed by atoms with Crippen LogP contribution in [0.5, 0.6) is 11.5 Å². The molecule has 2 atom stereocenters. The van der Waals surface area contributed by atoms with E-state index in [0.29, 0.717) is 12.3 Å². The molecule has 5 rings (SSSR count). The van der Waals surface area contributed by atoms with Crippen LogP contribution in [0.1, 0.15) is 38.7 Å². The third kappa shape index (κ3) is 4.57. The maximum absolute atomic E-state index is 13.1. The molecule has 0 saturated carbocycles. The number of fused-ring (bicyclic) bond motifs is 1. The zero-order valence-corrected chi connectivity index (χ0v) is 19.8. The Bertz CT molecular complexity index is 1120. The Morgan fingerprint density at radius 3 is 2.58 bits per heavy atom. The van der Waals surface area contributed by atoms with E-state index in [1.54, 1.807) is 0 Å². The smallest absolute Gasteiger partial charge is 0.233 e. The first-order chi connectivity index (χ1) is 16.1. The summed E-state index contributed by atoms with van der Waals surface area (Å²) >= 11 is 1.46. The Morgan fingerprint density at radius 2 is 1.79 bits per heavy atom. The number of amides is 1. The van der Waals surface area contributed by atoms with Crippen LogP contribution in [0.25, 0.3) is 11.4 Å². The number of aromatic nitrogens is 3. The molecule has 1 fully saturated rings. The quantitative estimate of drug-likeness (QED) is 0.497. The molecule has 33 heavy (non-hydrogen) atoms. The fourth-order valence-corrected chi connectivity index (χ4v) is 5.48. The number of ether oxygens (including phenoxy) is 2. The summed E-state index contributed by atoms with van der Waals surface area (Å²) in [6, 6.07) is 16.5. The van der Waals surface area contributed by atoms with E-state index in [-0.39, 0.29) is 24.8 Å². The molecule has 0 radical (unpaired) electrons. The van der Waals surface area contributed by atoms with E-state index in [0.717, 1.165) is 46.4 Å². The number of hydrogen-bond acceptors (Lipinski definition) is 6.